The van der Waals surface area contributed by atoms with Crippen LogP contribution in [0.5, 0.6) is 0 Å². The van der Waals surface area contributed by atoms with Gasteiger partial charge in [-0.3, -0.25) is 4.79 Å². The summed E-state index contributed by atoms with van der Waals surface area (Å²) in [6.07, 6.45) is 5.40. The van der Waals surface area contributed by atoms with E-state index in [1.807, 2.05) is 10.3 Å². The summed E-state index contributed by atoms with van der Waals surface area (Å²) in [5, 5.41) is 10.3. The number of hydrogen-bond donors (Lipinski definition) is 0. The molecular formula is C15H19N5OS. The molecule has 0 N–H and O–H groups in total. The Bertz CT molecular complexity index is 676. The van der Waals surface area contributed by atoms with E-state index in [1.165, 1.54) is 30.6 Å². The van der Waals surface area contributed by atoms with Crippen LogP contribution in [0, 0.1) is 5.41 Å². The van der Waals surface area contributed by atoms with E-state index >= 15 is 0 Å². The first-order valence-electron chi connectivity index (χ1n) is 7.79. The average Bonchev–Trinajstić information content (AvgIpc) is 3.22. The number of nitrogens with zero attached hydrogens (tertiary/aromatic N) is 5. The number of likely N-dealkylation sites (tertiary alicyclic amines) is 1. The van der Waals surface area contributed by atoms with Gasteiger partial charge in [-0.15, -0.1) is 21.5 Å². The molecule has 1 saturated carbocycles. The molecule has 22 heavy (non-hydrogen) atoms. The molecule has 4 rings (SSSR count). The molecule has 2 fully saturated rings. The van der Waals surface area contributed by atoms with Gasteiger partial charge in [-0.1, -0.05) is 6.42 Å². The van der Waals surface area contributed by atoms with Gasteiger partial charge in [0.05, 0.1) is 5.51 Å². The van der Waals surface area contributed by atoms with Crippen LogP contribution in [0.4, 0.5) is 0 Å². The molecule has 1 atom stereocenters. The number of aryl methyl sites for hydroxylation is 1. The summed E-state index contributed by atoms with van der Waals surface area (Å²) in [5.74, 6) is 1.39. The third-order valence-corrected chi connectivity index (χ3v) is 5.82. The zero-order valence-corrected chi connectivity index (χ0v) is 13.4. The van der Waals surface area contributed by atoms with Gasteiger partial charge in [-0.05, 0) is 25.2 Å². The molecule has 7 heteroatoms. The number of aromatic nitrogens is 4. The van der Waals surface area contributed by atoms with Gasteiger partial charge in [0.1, 0.15) is 17.8 Å². The molecule has 2 aliphatic rings. The first-order valence-corrected chi connectivity index (χ1v) is 8.73. The monoisotopic (exact) mass is 317 g/mol. The molecule has 1 aliphatic heterocycles. The van der Waals surface area contributed by atoms with Crippen LogP contribution in [0.1, 0.15) is 48.4 Å². The predicted octanol–water partition coefficient (Wildman–Crippen LogP) is 2.16. The van der Waals surface area contributed by atoms with Crippen LogP contribution in [-0.2, 0) is 6.54 Å². The fraction of sp³-hybridized carbons (Fsp3) is 0.600. The van der Waals surface area contributed by atoms with E-state index in [9.17, 15) is 4.79 Å². The topological polar surface area (TPSA) is 63.9 Å². The molecule has 3 heterocycles. The second-order valence-electron chi connectivity index (χ2n) is 6.30. The summed E-state index contributed by atoms with van der Waals surface area (Å²) in [4.78, 5) is 18.8. The number of rotatable bonds is 3. The van der Waals surface area contributed by atoms with Crippen molar-refractivity contribution in [3.8, 4) is 0 Å². The van der Waals surface area contributed by atoms with Crippen LogP contribution in [0.25, 0.3) is 0 Å². The summed E-state index contributed by atoms with van der Waals surface area (Å²) in [6.45, 7) is 4.53. The fourth-order valence-corrected chi connectivity index (χ4v) is 4.40. The molecule has 2 aromatic rings. The molecule has 6 nitrogen and oxygen atoms in total. The summed E-state index contributed by atoms with van der Waals surface area (Å²) >= 11 is 1.47. The summed E-state index contributed by atoms with van der Waals surface area (Å²) in [5.41, 5.74) is 2.48. The Labute approximate surface area is 133 Å². The highest BCUT2D eigenvalue weighted by Gasteiger charge is 2.53. The van der Waals surface area contributed by atoms with E-state index in [1.54, 1.807) is 11.8 Å². The van der Waals surface area contributed by atoms with Gasteiger partial charge in [0, 0.05) is 30.9 Å². The minimum Gasteiger partial charge on any atom is -0.336 e. The lowest BCUT2D eigenvalue weighted by Crippen LogP contribution is -2.38. The number of carbonyl (C=O) groups is 1. The lowest BCUT2D eigenvalue weighted by molar-refractivity contribution is 0.0718. The van der Waals surface area contributed by atoms with Crippen molar-refractivity contribution < 1.29 is 4.79 Å². The smallest absolute Gasteiger partial charge is 0.273 e. The molecule has 0 bridgehead atoms. The predicted molar refractivity (Wildman–Crippen MR) is 82.7 cm³/mol. The Morgan fingerprint density at radius 1 is 1.50 bits per heavy atom. The third kappa shape index (κ3) is 1.99. The average molecular weight is 317 g/mol. The van der Waals surface area contributed by atoms with Gasteiger partial charge < -0.3 is 9.47 Å². The van der Waals surface area contributed by atoms with E-state index in [0.29, 0.717) is 11.6 Å². The van der Waals surface area contributed by atoms with Crippen LogP contribution < -0.4 is 0 Å². The zero-order valence-electron chi connectivity index (χ0n) is 12.6. The number of amides is 1. The van der Waals surface area contributed by atoms with E-state index in [4.69, 9.17) is 0 Å². The van der Waals surface area contributed by atoms with Gasteiger partial charge in [0.2, 0.25) is 0 Å². The van der Waals surface area contributed by atoms with Crippen molar-refractivity contribution in [1.82, 2.24) is 24.6 Å². The number of carbonyl (C=O) groups excluding carboxylic acids is 1. The van der Waals surface area contributed by atoms with Crippen LogP contribution in [-0.4, -0.2) is 43.6 Å². The molecule has 1 aliphatic carbocycles. The van der Waals surface area contributed by atoms with Gasteiger partial charge >= 0.3 is 0 Å². The van der Waals surface area contributed by atoms with Gasteiger partial charge in [0.15, 0.2) is 0 Å². The Hall–Kier alpha value is -1.76. The zero-order chi connectivity index (χ0) is 15.2. The molecular weight excluding hydrogens is 298 g/mol. The van der Waals surface area contributed by atoms with Crippen molar-refractivity contribution >= 4 is 17.2 Å². The maximum atomic E-state index is 12.6. The molecule has 1 spiro atoms. The summed E-state index contributed by atoms with van der Waals surface area (Å²) < 4.78 is 2.11. The second-order valence-corrected chi connectivity index (χ2v) is 7.02. The third-order valence-electron chi connectivity index (χ3n) is 5.23. The molecule has 1 saturated heterocycles. The Morgan fingerprint density at radius 2 is 2.36 bits per heavy atom. The van der Waals surface area contributed by atoms with Gasteiger partial charge in [-0.25, -0.2) is 4.98 Å². The lowest BCUT2D eigenvalue weighted by atomic mass is 9.62. The molecule has 1 unspecified atom stereocenters. The molecule has 0 aromatic carbocycles. The minimum atomic E-state index is 0.0533. The Kier molecular flexibility index (Phi) is 3.25. The number of thiazole rings is 1. The van der Waals surface area contributed by atoms with Crippen molar-refractivity contribution in [3.63, 3.8) is 0 Å². The SMILES string of the molecule is CCn1cnnc1C1CN(C(=O)c2cscn2)CC12CCC2. The molecule has 1 amide bonds. The molecule has 2 aromatic heterocycles. The van der Waals surface area contributed by atoms with E-state index < -0.39 is 0 Å². The highest BCUT2D eigenvalue weighted by molar-refractivity contribution is 7.07. The van der Waals surface area contributed by atoms with Crippen LogP contribution >= 0.6 is 11.3 Å². The summed E-state index contributed by atoms with van der Waals surface area (Å²) in [6, 6.07) is 0. The van der Waals surface area contributed by atoms with Crippen molar-refractivity contribution in [2.45, 2.75) is 38.6 Å². The standard InChI is InChI=1S/C15H19N5OS/c1-2-19-9-17-18-13(19)11-6-20(8-15(11)4-3-5-15)14(21)12-7-22-10-16-12/h7,9-11H,2-6,8H2,1H3. The van der Waals surface area contributed by atoms with Crippen molar-refractivity contribution in [1.29, 1.82) is 0 Å². The van der Waals surface area contributed by atoms with Gasteiger partial charge in [-0.2, -0.15) is 0 Å². The quantitative estimate of drug-likeness (QED) is 0.870. The molecule has 0 radical (unpaired) electrons. The van der Waals surface area contributed by atoms with Crippen molar-refractivity contribution in [2.24, 2.45) is 5.41 Å². The Morgan fingerprint density at radius 3 is 3.00 bits per heavy atom. The van der Waals surface area contributed by atoms with Crippen LogP contribution in [0.2, 0.25) is 0 Å². The van der Waals surface area contributed by atoms with E-state index in [0.717, 1.165) is 25.5 Å². The largest absolute Gasteiger partial charge is 0.336 e. The van der Waals surface area contributed by atoms with Crippen molar-refractivity contribution in [3.05, 3.63) is 28.7 Å². The second kappa shape index (κ2) is 5.15. The Balaban J connectivity index is 1.63. The van der Waals surface area contributed by atoms with E-state index in [-0.39, 0.29) is 11.3 Å². The maximum absolute atomic E-state index is 12.6. The first-order chi connectivity index (χ1) is 10.7. The molecule has 116 valence electrons. The minimum absolute atomic E-state index is 0.0533. The van der Waals surface area contributed by atoms with Crippen LogP contribution in [0.15, 0.2) is 17.2 Å². The highest BCUT2D eigenvalue weighted by Crippen LogP contribution is 2.55. The van der Waals surface area contributed by atoms with Crippen LogP contribution in [0.3, 0.4) is 0 Å². The fourth-order valence-electron chi connectivity index (χ4n) is 3.87. The van der Waals surface area contributed by atoms with Crippen molar-refractivity contribution in [2.75, 3.05) is 13.1 Å². The summed E-state index contributed by atoms with van der Waals surface area (Å²) in [7, 11) is 0. The van der Waals surface area contributed by atoms with E-state index in [2.05, 4.69) is 26.7 Å². The highest BCUT2D eigenvalue weighted by atomic mass is 32.1. The number of hydrogen-bond acceptors (Lipinski definition) is 5. The first kappa shape index (κ1) is 13.9. The normalized spacial score (nSPS) is 23.0. The van der Waals surface area contributed by atoms with Gasteiger partial charge in [0.25, 0.3) is 5.91 Å². The maximum Gasteiger partial charge on any atom is 0.273 e. The lowest BCUT2D eigenvalue weighted by Gasteiger charge is -2.42.